The summed E-state index contributed by atoms with van der Waals surface area (Å²) in [5.74, 6) is 1.29. The highest BCUT2D eigenvalue weighted by molar-refractivity contribution is 7.98. The van der Waals surface area contributed by atoms with Gasteiger partial charge in [0, 0.05) is 23.2 Å². The Kier molecular flexibility index (Phi) is 5.19. The average molecular weight is 353 g/mol. The number of rotatable bonds is 5. The van der Waals surface area contributed by atoms with E-state index in [1.807, 2.05) is 45.0 Å². The van der Waals surface area contributed by atoms with Crippen LogP contribution in [0.1, 0.15) is 32.9 Å². The van der Waals surface area contributed by atoms with Crippen molar-refractivity contribution >= 4 is 23.4 Å². The van der Waals surface area contributed by atoms with E-state index in [2.05, 4.69) is 15.5 Å². The molecule has 2 heterocycles. The number of hydrogen-bond acceptors (Lipinski definition) is 5. The normalized spacial score (nSPS) is 10.7. The highest BCUT2D eigenvalue weighted by Gasteiger charge is 2.15. The minimum atomic E-state index is -0.167. The van der Waals surface area contributed by atoms with Crippen molar-refractivity contribution in [1.82, 2.24) is 10.1 Å². The number of pyridine rings is 1. The Hall–Kier alpha value is -2.60. The third-order valence-corrected chi connectivity index (χ3v) is 4.86. The summed E-state index contributed by atoms with van der Waals surface area (Å²) in [4.78, 5) is 17.0. The van der Waals surface area contributed by atoms with Crippen LogP contribution in [0.4, 0.5) is 5.69 Å². The first-order valence-corrected chi connectivity index (χ1v) is 8.90. The summed E-state index contributed by atoms with van der Waals surface area (Å²) in [5, 5.41) is 7.58. The molecule has 0 fully saturated rings. The van der Waals surface area contributed by atoms with Gasteiger partial charge in [-0.3, -0.25) is 4.79 Å². The standard InChI is InChI=1S/C19H19N3O2S/c1-12-6-4-7-15(10-12)21-18(23)16-8-5-9-20-19(16)25-11-17-13(2)22-24-14(17)3/h4-10H,11H2,1-3H3,(H,21,23). The number of anilines is 1. The van der Waals surface area contributed by atoms with E-state index in [0.29, 0.717) is 16.3 Å². The van der Waals surface area contributed by atoms with Crippen molar-refractivity contribution in [3.8, 4) is 0 Å². The van der Waals surface area contributed by atoms with Gasteiger partial charge in [0.2, 0.25) is 0 Å². The maximum absolute atomic E-state index is 12.6. The quantitative estimate of drug-likeness (QED) is 0.682. The Morgan fingerprint density at radius 3 is 2.76 bits per heavy atom. The van der Waals surface area contributed by atoms with Crippen LogP contribution in [0.5, 0.6) is 0 Å². The molecule has 1 amide bonds. The van der Waals surface area contributed by atoms with Gasteiger partial charge in [-0.2, -0.15) is 0 Å². The van der Waals surface area contributed by atoms with Crippen molar-refractivity contribution in [3.05, 3.63) is 70.7 Å². The second kappa shape index (κ2) is 7.53. The van der Waals surface area contributed by atoms with E-state index in [9.17, 15) is 4.79 Å². The van der Waals surface area contributed by atoms with E-state index >= 15 is 0 Å². The molecule has 0 aliphatic carbocycles. The van der Waals surface area contributed by atoms with E-state index in [1.165, 1.54) is 11.8 Å². The van der Waals surface area contributed by atoms with Crippen LogP contribution in [0.3, 0.4) is 0 Å². The van der Waals surface area contributed by atoms with Crippen molar-refractivity contribution in [2.24, 2.45) is 0 Å². The van der Waals surface area contributed by atoms with Gasteiger partial charge in [0.25, 0.3) is 5.91 Å². The van der Waals surface area contributed by atoms with Gasteiger partial charge in [-0.25, -0.2) is 4.98 Å². The fraction of sp³-hybridized carbons (Fsp3) is 0.211. The van der Waals surface area contributed by atoms with Gasteiger partial charge in [0.15, 0.2) is 0 Å². The van der Waals surface area contributed by atoms with E-state index in [4.69, 9.17) is 4.52 Å². The smallest absolute Gasteiger partial charge is 0.258 e. The molecule has 5 nitrogen and oxygen atoms in total. The number of thioether (sulfide) groups is 1. The highest BCUT2D eigenvalue weighted by Crippen LogP contribution is 2.27. The van der Waals surface area contributed by atoms with Crippen LogP contribution in [-0.4, -0.2) is 16.0 Å². The molecule has 0 atom stereocenters. The predicted molar refractivity (Wildman–Crippen MR) is 98.9 cm³/mol. The van der Waals surface area contributed by atoms with Crippen LogP contribution in [0.25, 0.3) is 0 Å². The first-order valence-electron chi connectivity index (χ1n) is 7.92. The topological polar surface area (TPSA) is 68.0 Å². The molecule has 0 aliphatic rings. The lowest BCUT2D eigenvalue weighted by atomic mass is 10.2. The van der Waals surface area contributed by atoms with Crippen molar-refractivity contribution < 1.29 is 9.32 Å². The molecule has 0 saturated heterocycles. The summed E-state index contributed by atoms with van der Waals surface area (Å²) in [6, 6.07) is 11.3. The second-order valence-corrected chi connectivity index (χ2v) is 6.74. The van der Waals surface area contributed by atoms with Gasteiger partial charge < -0.3 is 9.84 Å². The third kappa shape index (κ3) is 4.09. The van der Waals surface area contributed by atoms with Gasteiger partial charge in [-0.15, -0.1) is 11.8 Å². The SMILES string of the molecule is Cc1cccc(NC(=O)c2cccnc2SCc2c(C)noc2C)c1. The molecule has 6 heteroatoms. The molecule has 0 spiro atoms. The monoisotopic (exact) mass is 353 g/mol. The summed E-state index contributed by atoms with van der Waals surface area (Å²) in [5.41, 5.74) is 4.33. The first kappa shape index (κ1) is 17.2. The molecule has 2 aromatic heterocycles. The number of aromatic nitrogens is 2. The van der Waals surface area contributed by atoms with Crippen LogP contribution < -0.4 is 5.32 Å². The molecule has 0 saturated carbocycles. The van der Waals surface area contributed by atoms with Crippen LogP contribution in [0, 0.1) is 20.8 Å². The fourth-order valence-electron chi connectivity index (χ4n) is 2.45. The van der Waals surface area contributed by atoms with Gasteiger partial charge in [-0.05, 0) is 50.6 Å². The number of nitrogens with one attached hydrogen (secondary N) is 1. The zero-order valence-electron chi connectivity index (χ0n) is 14.4. The molecule has 0 radical (unpaired) electrons. The number of carbonyl (C=O) groups excluding carboxylic acids is 1. The number of hydrogen-bond donors (Lipinski definition) is 1. The molecule has 3 rings (SSSR count). The Morgan fingerprint density at radius 2 is 2.04 bits per heavy atom. The highest BCUT2D eigenvalue weighted by atomic mass is 32.2. The Labute approximate surface area is 150 Å². The van der Waals surface area contributed by atoms with Gasteiger partial charge in [-0.1, -0.05) is 17.3 Å². The Morgan fingerprint density at radius 1 is 1.20 bits per heavy atom. The predicted octanol–water partition coefficient (Wildman–Crippen LogP) is 4.54. The summed E-state index contributed by atoms with van der Waals surface area (Å²) >= 11 is 1.50. The maximum atomic E-state index is 12.6. The van der Waals surface area contributed by atoms with Crippen molar-refractivity contribution in [3.63, 3.8) is 0 Å². The lowest BCUT2D eigenvalue weighted by molar-refractivity contribution is 0.102. The van der Waals surface area contributed by atoms with E-state index in [-0.39, 0.29) is 5.91 Å². The second-order valence-electron chi connectivity index (χ2n) is 5.77. The van der Waals surface area contributed by atoms with Gasteiger partial charge >= 0.3 is 0 Å². The zero-order chi connectivity index (χ0) is 17.8. The summed E-state index contributed by atoms with van der Waals surface area (Å²) < 4.78 is 5.19. The summed E-state index contributed by atoms with van der Waals surface area (Å²) in [6.45, 7) is 5.79. The van der Waals surface area contributed by atoms with E-state index in [1.54, 1.807) is 18.3 Å². The maximum Gasteiger partial charge on any atom is 0.258 e. The molecule has 3 aromatic rings. The van der Waals surface area contributed by atoms with Crippen molar-refractivity contribution in [2.75, 3.05) is 5.32 Å². The largest absolute Gasteiger partial charge is 0.361 e. The van der Waals surface area contributed by atoms with Crippen LogP contribution in [0.15, 0.2) is 52.1 Å². The molecule has 0 aliphatic heterocycles. The lowest BCUT2D eigenvalue weighted by Crippen LogP contribution is -2.13. The summed E-state index contributed by atoms with van der Waals surface area (Å²) in [7, 11) is 0. The summed E-state index contributed by atoms with van der Waals surface area (Å²) in [6.07, 6.45) is 1.69. The lowest BCUT2D eigenvalue weighted by Gasteiger charge is -2.09. The molecule has 1 N–H and O–H groups in total. The Balaban J connectivity index is 1.77. The molecular weight excluding hydrogens is 334 g/mol. The third-order valence-electron chi connectivity index (χ3n) is 3.83. The number of carbonyl (C=O) groups is 1. The fourth-order valence-corrected chi connectivity index (χ4v) is 3.59. The van der Waals surface area contributed by atoms with Crippen LogP contribution >= 0.6 is 11.8 Å². The zero-order valence-corrected chi connectivity index (χ0v) is 15.2. The van der Waals surface area contributed by atoms with Gasteiger partial charge in [0.1, 0.15) is 10.8 Å². The number of amides is 1. The number of nitrogens with zero attached hydrogens (tertiary/aromatic N) is 2. The molecule has 0 unspecified atom stereocenters. The van der Waals surface area contributed by atoms with Crippen molar-refractivity contribution in [2.45, 2.75) is 31.6 Å². The minimum Gasteiger partial charge on any atom is -0.361 e. The number of aryl methyl sites for hydroxylation is 3. The van der Waals surface area contributed by atoms with Crippen molar-refractivity contribution in [1.29, 1.82) is 0 Å². The van der Waals surface area contributed by atoms with Crippen LogP contribution in [0.2, 0.25) is 0 Å². The number of benzene rings is 1. The molecular formula is C19H19N3O2S. The molecule has 0 bridgehead atoms. The van der Waals surface area contributed by atoms with E-state index in [0.717, 1.165) is 28.3 Å². The molecule has 128 valence electrons. The average Bonchev–Trinajstić information content (AvgIpc) is 2.91. The van der Waals surface area contributed by atoms with Gasteiger partial charge in [0.05, 0.1) is 11.3 Å². The molecule has 1 aromatic carbocycles. The van der Waals surface area contributed by atoms with E-state index < -0.39 is 0 Å². The van der Waals surface area contributed by atoms with Crippen LogP contribution in [-0.2, 0) is 5.75 Å². The first-order chi connectivity index (χ1) is 12.0. The Bertz CT molecular complexity index is 886. The minimum absolute atomic E-state index is 0.167. The molecule has 25 heavy (non-hydrogen) atoms.